The van der Waals surface area contributed by atoms with Crippen molar-refractivity contribution in [3.63, 3.8) is 0 Å². The minimum absolute atomic E-state index is 0. The second-order valence-electron chi connectivity index (χ2n) is 5.63. The molecule has 0 bridgehead atoms. The molecule has 1 atom stereocenters. The van der Waals surface area contributed by atoms with Gasteiger partial charge in [0.25, 0.3) is 0 Å². The summed E-state index contributed by atoms with van der Waals surface area (Å²) in [6.45, 7) is 3.78. The Kier molecular flexibility index (Phi) is 8.62. The molecule has 1 aliphatic rings. The predicted molar refractivity (Wildman–Crippen MR) is 97.0 cm³/mol. The highest BCUT2D eigenvalue weighted by molar-refractivity contribution is 7.99. The van der Waals surface area contributed by atoms with Crippen LogP contribution in [0.4, 0.5) is 0 Å². The average Bonchev–Trinajstić information content (AvgIpc) is 2.49. The number of halogens is 2. The third-order valence-corrected chi connectivity index (χ3v) is 5.30. The molecule has 0 aromatic heterocycles. The van der Waals surface area contributed by atoms with E-state index >= 15 is 0 Å². The van der Waals surface area contributed by atoms with Crippen molar-refractivity contribution in [3.8, 4) is 0 Å². The number of carbonyl (C=O) groups excluding carboxylic acids is 1. The summed E-state index contributed by atoms with van der Waals surface area (Å²) in [4.78, 5) is 15.3. The number of benzene rings is 1. The average molecular weight is 363 g/mol. The van der Waals surface area contributed by atoms with Crippen LogP contribution in [0, 0.1) is 5.92 Å². The van der Waals surface area contributed by atoms with Crippen molar-refractivity contribution in [2.24, 2.45) is 11.7 Å². The first-order chi connectivity index (χ1) is 10.1. The van der Waals surface area contributed by atoms with Crippen LogP contribution in [0.5, 0.6) is 0 Å². The number of hydrogen-bond donors (Lipinski definition) is 1. The van der Waals surface area contributed by atoms with Crippen molar-refractivity contribution in [2.75, 3.05) is 18.8 Å². The first-order valence-corrected chi connectivity index (χ1v) is 8.84. The van der Waals surface area contributed by atoms with Gasteiger partial charge in [-0.05, 0) is 49.9 Å². The summed E-state index contributed by atoms with van der Waals surface area (Å²) in [5.74, 6) is 1.64. The zero-order valence-electron chi connectivity index (χ0n) is 12.8. The first-order valence-electron chi connectivity index (χ1n) is 7.48. The Balaban J connectivity index is 0.00000242. The van der Waals surface area contributed by atoms with E-state index in [0.29, 0.717) is 12.3 Å². The number of likely N-dealkylation sites (tertiary alicyclic amines) is 1. The molecule has 1 heterocycles. The van der Waals surface area contributed by atoms with Gasteiger partial charge in [-0.3, -0.25) is 4.79 Å². The number of thioether (sulfide) groups is 1. The maximum absolute atomic E-state index is 12.2. The molecule has 1 aromatic carbocycles. The number of nitrogens with two attached hydrogens (primary N) is 1. The van der Waals surface area contributed by atoms with Crippen molar-refractivity contribution in [1.82, 2.24) is 4.90 Å². The van der Waals surface area contributed by atoms with Crippen LogP contribution in [-0.2, 0) is 4.79 Å². The standard InChI is InChI=1S/C16H23ClN2OS.ClH/c1-12(18)13-6-9-19(10-7-13)16(20)8-11-21-15-4-2-14(17)3-5-15;/h2-5,12-13H,6-11,18H2,1H3;1H. The Hall–Kier alpha value is -0.420. The quantitative estimate of drug-likeness (QED) is 0.809. The molecule has 0 aliphatic carbocycles. The van der Waals surface area contributed by atoms with Gasteiger partial charge in [-0.2, -0.15) is 0 Å². The Labute approximate surface area is 148 Å². The van der Waals surface area contributed by atoms with E-state index in [1.54, 1.807) is 11.8 Å². The van der Waals surface area contributed by atoms with E-state index in [4.69, 9.17) is 17.3 Å². The molecule has 2 rings (SSSR count). The number of nitrogens with zero attached hydrogens (tertiary/aromatic N) is 1. The van der Waals surface area contributed by atoms with Crippen molar-refractivity contribution >= 4 is 41.7 Å². The van der Waals surface area contributed by atoms with E-state index in [-0.39, 0.29) is 24.4 Å². The Morgan fingerprint density at radius 1 is 1.36 bits per heavy atom. The molecule has 1 aromatic rings. The molecule has 1 saturated heterocycles. The zero-order valence-corrected chi connectivity index (χ0v) is 15.2. The summed E-state index contributed by atoms with van der Waals surface area (Å²) < 4.78 is 0. The van der Waals surface area contributed by atoms with Gasteiger partial charge in [0, 0.05) is 41.2 Å². The third-order valence-electron chi connectivity index (χ3n) is 4.03. The molecule has 1 amide bonds. The van der Waals surface area contributed by atoms with E-state index in [9.17, 15) is 4.79 Å². The molecule has 22 heavy (non-hydrogen) atoms. The molecule has 0 spiro atoms. The molecule has 2 N–H and O–H groups in total. The van der Waals surface area contributed by atoms with Gasteiger partial charge in [-0.15, -0.1) is 24.2 Å². The van der Waals surface area contributed by atoms with E-state index in [1.165, 1.54) is 0 Å². The van der Waals surface area contributed by atoms with Gasteiger partial charge in [0.1, 0.15) is 0 Å². The van der Waals surface area contributed by atoms with E-state index in [2.05, 4.69) is 6.92 Å². The lowest BCUT2D eigenvalue weighted by Gasteiger charge is -2.33. The minimum atomic E-state index is 0. The molecule has 1 unspecified atom stereocenters. The lowest BCUT2D eigenvalue weighted by atomic mass is 9.91. The fourth-order valence-corrected chi connectivity index (χ4v) is 3.59. The fourth-order valence-electron chi connectivity index (χ4n) is 2.62. The highest BCUT2D eigenvalue weighted by Crippen LogP contribution is 2.23. The monoisotopic (exact) mass is 362 g/mol. The zero-order chi connectivity index (χ0) is 15.2. The van der Waals surface area contributed by atoms with Crippen molar-refractivity contribution in [2.45, 2.75) is 37.1 Å². The number of amides is 1. The molecule has 1 aliphatic heterocycles. The van der Waals surface area contributed by atoms with Gasteiger partial charge in [-0.1, -0.05) is 11.6 Å². The summed E-state index contributed by atoms with van der Waals surface area (Å²) in [7, 11) is 0. The molecular weight excluding hydrogens is 339 g/mol. The van der Waals surface area contributed by atoms with Crippen LogP contribution in [0.15, 0.2) is 29.2 Å². The third kappa shape index (κ3) is 5.99. The summed E-state index contributed by atoms with van der Waals surface area (Å²) in [5, 5.41) is 0.743. The Morgan fingerprint density at radius 2 is 1.95 bits per heavy atom. The maximum atomic E-state index is 12.2. The number of carbonyl (C=O) groups is 1. The predicted octanol–water partition coefficient (Wildman–Crippen LogP) is 3.83. The normalized spacial score (nSPS) is 17.0. The lowest BCUT2D eigenvalue weighted by Crippen LogP contribution is -2.42. The molecule has 0 saturated carbocycles. The Bertz CT molecular complexity index is 460. The highest BCUT2D eigenvalue weighted by atomic mass is 35.5. The first kappa shape index (κ1) is 19.6. The van der Waals surface area contributed by atoms with Crippen LogP contribution in [0.25, 0.3) is 0 Å². The van der Waals surface area contributed by atoms with Crippen LogP contribution in [0.2, 0.25) is 5.02 Å². The molecular formula is C16H24Cl2N2OS. The largest absolute Gasteiger partial charge is 0.343 e. The number of piperidine rings is 1. The van der Waals surface area contributed by atoms with Crippen LogP contribution >= 0.6 is 35.8 Å². The van der Waals surface area contributed by atoms with Crippen molar-refractivity contribution in [3.05, 3.63) is 29.3 Å². The van der Waals surface area contributed by atoms with Crippen LogP contribution < -0.4 is 5.73 Å². The van der Waals surface area contributed by atoms with Gasteiger partial charge in [0.05, 0.1) is 0 Å². The fraction of sp³-hybridized carbons (Fsp3) is 0.562. The van der Waals surface area contributed by atoms with Gasteiger partial charge in [-0.25, -0.2) is 0 Å². The number of rotatable bonds is 5. The molecule has 124 valence electrons. The van der Waals surface area contributed by atoms with Gasteiger partial charge >= 0.3 is 0 Å². The molecule has 6 heteroatoms. The second kappa shape index (κ2) is 9.66. The summed E-state index contributed by atoms with van der Waals surface area (Å²) in [5.41, 5.74) is 5.93. The lowest BCUT2D eigenvalue weighted by molar-refractivity contribution is -0.132. The van der Waals surface area contributed by atoms with Crippen LogP contribution in [-0.4, -0.2) is 35.7 Å². The van der Waals surface area contributed by atoms with Crippen molar-refractivity contribution < 1.29 is 4.79 Å². The van der Waals surface area contributed by atoms with E-state index in [1.807, 2.05) is 29.2 Å². The van der Waals surface area contributed by atoms with Crippen LogP contribution in [0.1, 0.15) is 26.2 Å². The SMILES string of the molecule is CC(N)C1CCN(C(=O)CCSc2ccc(Cl)cc2)CC1.Cl. The Morgan fingerprint density at radius 3 is 2.50 bits per heavy atom. The maximum Gasteiger partial charge on any atom is 0.223 e. The minimum Gasteiger partial charge on any atom is -0.343 e. The second-order valence-corrected chi connectivity index (χ2v) is 7.23. The smallest absolute Gasteiger partial charge is 0.223 e. The summed E-state index contributed by atoms with van der Waals surface area (Å²) >= 11 is 7.55. The topological polar surface area (TPSA) is 46.3 Å². The van der Waals surface area contributed by atoms with E-state index < -0.39 is 0 Å². The van der Waals surface area contributed by atoms with E-state index in [0.717, 1.165) is 41.6 Å². The van der Waals surface area contributed by atoms with Gasteiger partial charge in [0.2, 0.25) is 5.91 Å². The van der Waals surface area contributed by atoms with Crippen molar-refractivity contribution in [1.29, 1.82) is 0 Å². The molecule has 3 nitrogen and oxygen atoms in total. The van der Waals surface area contributed by atoms with Gasteiger partial charge in [0.15, 0.2) is 0 Å². The highest BCUT2D eigenvalue weighted by Gasteiger charge is 2.24. The van der Waals surface area contributed by atoms with Crippen LogP contribution in [0.3, 0.4) is 0 Å². The number of hydrogen-bond acceptors (Lipinski definition) is 3. The summed E-state index contributed by atoms with van der Waals surface area (Å²) in [6.07, 6.45) is 2.66. The molecule has 0 radical (unpaired) electrons. The summed E-state index contributed by atoms with van der Waals surface area (Å²) in [6, 6.07) is 7.98. The van der Waals surface area contributed by atoms with Gasteiger partial charge < -0.3 is 10.6 Å². The molecule has 1 fully saturated rings.